The molecule has 0 radical (unpaired) electrons. The van der Waals surface area contributed by atoms with Crippen LogP contribution in [0, 0.1) is 0 Å². The molecule has 1 unspecified atom stereocenters. The summed E-state index contributed by atoms with van der Waals surface area (Å²) >= 11 is 6.04. The molecule has 1 aliphatic heterocycles. The Morgan fingerprint density at radius 2 is 1.93 bits per heavy atom. The van der Waals surface area contributed by atoms with Crippen molar-refractivity contribution in [1.29, 1.82) is 0 Å². The molecule has 3 aromatic rings. The lowest BCUT2D eigenvalue weighted by Gasteiger charge is -2.17. The summed E-state index contributed by atoms with van der Waals surface area (Å²) in [6, 6.07) is 11.6. The Morgan fingerprint density at radius 3 is 2.61 bits per heavy atom. The second kappa shape index (κ2) is 7.72. The third-order valence-corrected chi connectivity index (χ3v) is 6.75. The summed E-state index contributed by atoms with van der Waals surface area (Å²) in [5, 5.41) is 11.0. The Labute approximate surface area is 171 Å². The highest BCUT2D eigenvalue weighted by atomic mass is 35.5. The first kappa shape index (κ1) is 19.2. The number of hydrogen-bond donors (Lipinski definition) is 1. The summed E-state index contributed by atoms with van der Waals surface area (Å²) in [6.07, 6.45) is 5.49. The molecule has 6 heteroatoms. The number of aromatic nitrogens is 1. The Morgan fingerprint density at radius 1 is 1.18 bits per heavy atom. The van der Waals surface area contributed by atoms with E-state index < -0.39 is 16.8 Å². The van der Waals surface area contributed by atoms with Crippen molar-refractivity contribution in [2.24, 2.45) is 0 Å². The number of nitrogens with zero attached hydrogens (tertiary/aromatic N) is 1. The molecule has 2 heterocycles. The maximum atomic E-state index is 12.7. The molecule has 0 saturated heterocycles. The predicted molar refractivity (Wildman–Crippen MR) is 113 cm³/mol. The van der Waals surface area contributed by atoms with Crippen LogP contribution >= 0.6 is 11.6 Å². The SMILES string of the molecule is CS(=O)c1c(CC(=O)O)ccc2c1c(Cc1ccc(Cl)cc1)c1n2CCCC1. The number of hydrogen-bond acceptors (Lipinski definition) is 2. The molecular weight excluding hydrogens is 394 g/mol. The van der Waals surface area contributed by atoms with Crippen molar-refractivity contribution in [1.82, 2.24) is 4.57 Å². The molecule has 4 nitrogen and oxygen atoms in total. The van der Waals surface area contributed by atoms with Crippen LogP contribution in [0.15, 0.2) is 41.3 Å². The largest absolute Gasteiger partial charge is 0.481 e. The van der Waals surface area contributed by atoms with Crippen LogP contribution < -0.4 is 0 Å². The van der Waals surface area contributed by atoms with Crippen LogP contribution in [0.2, 0.25) is 5.02 Å². The van der Waals surface area contributed by atoms with Crippen LogP contribution in [0.4, 0.5) is 0 Å². The molecule has 0 fully saturated rings. The lowest BCUT2D eigenvalue weighted by atomic mass is 9.97. The fraction of sp³-hybridized carbons (Fsp3) is 0.318. The average molecular weight is 416 g/mol. The average Bonchev–Trinajstić information content (AvgIpc) is 2.96. The lowest BCUT2D eigenvalue weighted by Crippen LogP contribution is -2.10. The summed E-state index contributed by atoms with van der Waals surface area (Å²) in [5.41, 5.74) is 5.31. The van der Waals surface area contributed by atoms with E-state index in [1.54, 1.807) is 6.26 Å². The summed E-state index contributed by atoms with van der Waals surface area (Å²) in [7, 11) is -1.28. The normalized spacial score (nSPS) is 14.8. The second-order valence-corrected chi connectivity index (χ2v) is 9.06. The third kappa shape index (κ3) is 3.49. The number of carbonyl (C=O) groups is 1. The zero-order valence-corrected chi connectivity index (χ0v) is 17.3. The number of rotatable bonds is 5. The van der Waals surface area contributed by atoms with Gasteiger partial charge in [0, 0.05) is 34.4 Å². The van der Waals surface area contributed by atoms with E-state index in [0.717, 1.165) is 48.7 Å². The first-order valence-corrected chi connectivity index (χ1v) is 11.3. The van der Waals surface area contributed by atoms with Crippen molar-refractivity contribution in [3.8, 4) is 0 Å². The van der Waals surface area contributed by atoms with Crippen molar-refractivity contribution in [2.45, 2.75) is 43.5 Å². The second-order valence-electron chi connectivity index (χ2n) is 7.31. The summed E-state index contributed by atoms with van der Waals surface area (Å²) in [5.74, 6) is -0.908. The number of carboxylic acids is 1. The van der Waals surface area contributed by atoms with Gasteiger partial charge in [0.25, 0.3) is 0 Å². The standard InChI is InChI=1S/C22H22ClNO3S/c1-28(27)22-15(13-20(25)26)7-10-19-21(22)17(18-4-2-3-11-24(18)19)12-14-5-8-16(23)9-6-14/h5-10H,2-4,11-13H2,1H3,(H,25,26). The van der Waals surface area contributed by atoms with Gasteiger partial charge in [0.2, 0.25) is 0 Å². The number of carboxylic acid groups (broad SMARTS) is 1. The summed E-state index contributed by atoms with van der Waals surface area (Å²) in [4.78, 5) is 12.0. The quantitative estimate of drug-likeness (QED) is 0.663. The summed E-state index contributed by atoms with van der Waals surface area (Å²) in [6.45, 7) is 0.945. The van der Waals surface area contributed by atoms with Crippen LogP contribution in [-0.4, -0.2) is 26.1 Å². The number of aryl methyl sites for hydroxylation is 1. The van der Waals surface area contributed by atoms with Gasteiger partial charge in [-0.25, -0.2) is 0 Å². The molecule has 146 valence electrons. The number of benzene rings is 2. The highest BCUT2D eigenvalue weighted by molar-refractivity contribution is 7.84. The minimum absolute atomic E-state index is 0.119. The maximum Gasteiger partial charge on any atom is 0.307 e. The van der Waals surface area contributed by atoms with E-state index in [-0.39, 0.29) is 6.42 Å². The van der Waals surface area contributed by atoms with Crippen LogP contribution in [0.25, 0.3) is 10.9 Å². The van der Waals surface area contributed by atoms with E-state index in [1.165, 1.54) is 11.3 Å². The van der Waals surface area contributed by atoms with E-state index in [1.807, 2.05) is 36.4 Å². The van der Waals surface area contributed by atoms with Crippen molar-refractivity contribution in [3.05, 3.63) is 63.8 Å². The molecule has 0 spiro atoms. The molecule has 2 aromatic carbocycles. The van der Waals surface area contributed by atoms with Crippen molar-refractivity contribution < 1.29 is 14.1 Å². The van der Waals surface area contributed by atoms with E-state index >= 15 is 0 Å². The topological polar surface area (TPSA) is 59.3 Å². The lowest BCUT2D eigenvalue weighted by molar-refractivity contribution is -0.136. The number of halogens is 1. The Balaban J connectivity index is 1.98. The van der Waals surface area contributed by atoms with E-state index in [4.69, 9.17) is 11.6 Å². The van der Waals surface area contributed by atoms with Gasteiger partial charge >= 0.3 is 5.97 Å². The molecule has 1 N–H and O–H groups in total. The molecule has 0 saturated carbocycles. The van der Waals surface area contributed by atoms with Crippen LogP contribution in [0.1, 0.15) is 35.2 Å². The van der Waals surface area contributed by atoms with Gasteiger partial charge in [-0.2, -0.15) is 0 Å². The summed E-state index contributed by atoms with van der Waals surface area (Å²) < 4.78 is 15.1. The van der Waals surface area contributed by atoms with Gasteiger partial charge in [-0.3, -0.25) is 9.00 Å². The molecule has 4 rings (SSSR count). The highest BCUT2D eigenvalue weighted by Crippen LogP contribution is 2.37. The zero-order chi connectivity index (χ0) is 19.8. The Bertz CT molecular complexity index is 1090. The molecule has 0 aliphatic carbocycles. The van der Waals surface area contributed by atoms with Gasteiger partial charge < -0.3 is 9.67 Å². The molecule has 28 heavy (non-hydrogen) atoms. The van der Waals surface area contributed by atoms with E-state index in [2.05, 4.69) is 4.57 Å². The first-order chi connectivity index (χ1) is 13.5. The Kier molecular flexibility index (Phi) is 5.30. The van der Waals surface area contributed by atoms with Gasteiger partial charge in [-0.15, -0.1) is 0 Å². The first-order valence-electron chi connectivity index (χ1n) is 9.41. The van der Waals surface area contributed by atoms with Crippen molar-refractivity contribution in [3.63, 3.8) is 0 Å². The smallest absolute Gasteiger partial charge is 0.307 e. The fourth-order valence-corrected chi connectivity index (χ4v) is 5.47. The van der Waals surface area contributed by atoms with Crippen molar-refractivity contribution >= 4 is 39.3 Å². The van der Waals surface area contributed by atoms with E-state index in [9.17, 15) is 14.1 Å². The monoisotopic (exact) mass is 415 g/mol. The molecular formula is C22H22ClNO3S. The Hall–Kier alpha value is -2.11. The maximum absolute atomic E-state index is 12.7. The van der Waals surface area contributed by atoms with Gasteiger partial charge in [-0.1, -0.05) is 29.8 Å². The molecule has 0 bridgehead atoms. The molecule has 1 aromatic heterocycles. The predicted octanol–water partition coefficient (Wildman–Crippen LogP) is 4.59. The van der Waals surface area contributed by atoms with Gasteiger partial charge in [0.1, 0.15) is 0 Å². The zero-order valence-electron chi connectivity index (χ0n) is 15.7. The van der Waals surface area contributed by atoms with Gasteiger partial charge in [-0.05, 0) is 60.6 Å². The fourth-order valence-electron chi connectivity index (χ4n) is 4.32. The van der Waals surface area contributed by atoms with Crippen molar-refractivity contribution in [2.75, 3.05) is 6.26 Å². The van der Waals surface area contributed by atoms with Crippen LogP contribution in [0.5, 0.6) is 0 Å². The molecule has 1 aliphatic rings. The number of fused-ring (bicyclic) bond motifs is 3. The van der Waals surface area contributed by atoms with Crippen LogP contribution in [-0.2, 0) is 41.4 Å². The van der Waals surface area contributed by atoms with Gasteiger partial charge in [0.15, 0.2) is 0 Å². The van der Waals surface area contributed by atoms with E-state index in [0.29, 0.717) is 15.5 Å². The minimum Gasteiger partial charge on any atom is -0.481 e. The number of aliphatic carboxylic acids is 1. The van der Waals surface area contributed by atoms with Gasteiger partial charge in [0.05, 0.1) is 22.1 Å². The highest BCUT2D eigenvalue weighted by Gasteiger charge is 2.25. The molecule has 1 atom stereocenters. The minimum atomic E-state index is -1.28. The third-order valence-electron chi connectivity index (χ3n) is 5.45. The molecule has 0 amide bonds. The van der Waals surface area contributed by atoms with Crippen LogP contribution in [0.3, 0.4) is 0 Å².